The molecular weight excluding hydrogens is 216 g/mol. The van der Waals surface area contributed by atoms with Gasteiger partial charge in [-0.25, -0.2) is 0 Å². The second-order valence-electron chi connectivity index (χ2n) is 5.40. The minimum absolute atomic E-state index is 0.422. The van der Waals surface area contributed by atoms with Crippen molar-refractivity contribution in [2.24, 2.45) is 5.92 Å². The van der Waals surface area contributed by atoms with Crippen molar-refractivity contribution in [2.75, 3.05) is 32.9 Å². The monoisotopic (exact) mass is 242 g/mol. The van der Waals surface area contributed by atoms with Gasteiger partial charge in [-0.1, -0.05) is 0 Å². The Hall–Kier alpha value is -0.160. The highest BCUT2D eigenvalue weighted by Gasteiger charge is 2.24. The molecule has 4 unspecified atom stereocenters. The summed E-state index contributed by atoms with van der Waals surface area (Å²) in [5, 5.41) is 7.12. The fourth-order valence-corrected chi connectivity index (χ4v) is 2.68. The van der Waals surface area contributed by atoms with Crippen molar-refractivity contribution in [2.45, 2.75) is 44.9 Å². The van der Waals surface area contributed by atoms with Gasteiger partial charge in [-0.15, -0.1) is 0 Å². The third-order valence-corrected chi connectivity index (χ3v) is 3.90. The molecule has 2 rings (SSSR count). The molecule has 2 fully saturated rings. The molecule has 0 saturated carbocycles. The number of nitrogens with one attached hydrogen (secondary N) is 2. The van der Waals surface area contributed by atoms with Gasteiger partial charge < -0.3 is 20.1 Å². The van der Waals surface area contributed by atoms with Crippen LogP contribution in [0.15, 0.2) is 0 Å². The predicted octanol–water partition coefficient (Wildman–Crippen LogP) is 0.768. The maximum atomic E-state index is 5.58. The molecule has 4 atom stereocenters. The molecular formula is C13H26N2O2. The van der Waals surface area contributed by atoms with Crippen LogP contribution in [0.5, 0.6) is 0 Å². The lowest BCUT2D eigenvalue weighted by Crippen LogP contribution is -2.45. The van der Waals surface area contributed by atoms with E-state index in [9.17, 15) is 0 Å². The molecule has 100 valence electrons. The molecule has 2 N–H and O–H groups in total. The van der Waals surface area contributed by atoms with Crippen molar-refractivity contribution in [3.63, 3.8) is 0 Å². The van der Waals surface area contributed by atoms with Crippen LogP contribution in [-0.4, -0.2) is 51.1 Å². The molecule has 0 aromatic rings. The number of hydrogen-bond donors (Lipinski definition) is 2. The number of ether oxygens (including phenoxy) is 2. The van der Waals surface area contributed by atoms with Gasteiger partial charge in [0.2, 0.25) is 0 Å². The van der Waals surface area contributed by atoms with Gasteiger partial charge in [0, 0.05) is 31.8 Å². The van der Waals surface area contributed by atoms with Gasteiger partial charge in [-0.3, -0.25) is 0 Å². The van der Waals surface area contributed by atoms with E-state index in [1.807, 2.05) is 0 Å². The van der Waals surface area contributed by atoms with Crippen LogP contribution in [0.25, 0.3) is 0 Å². The fraction of sp³-hybridized carbons (Fsp3) is 1.00. The molecule has 2 saturated heterocycles. The zero-order valence-electron chi connectivity index (χ0n) is 11.1. The molecule has 0 bridgehead atoms. The highest BCUT2D eigenvalue weighted by molar-refractivity contribution is 4.79. The van der Waals surface area contributed by atoms with Crippen molar-refractivity contribution >= 4 is 0 Å². The first-order valence-corrected chi connectivity index (χ1v) is 6.92. The molecule has 2 heterocycles. The van der Waals surface area contributed by atoms with E-state index in [1.165, 1.54) is 6.42 Å². The summed E-state index contributed by atoms with van der Waals surface area (Å²) < 4.78 is 11.0. The van der Waals surface area contributed by atoms with Gasteiger partial charge in [-0.2, -0.15) is 0 Å². The van der Waals surface area contributed by atoms with E-state index >= 15 is 0 Å². The van der Waals surface area contributed by atoms with E-state index in [2.05, 4.69) is 24.5 Å². The smallest absolute Gasteiger partial charge is 0.0620 e. The van der Waals surface area contributed by atoms with Crippen LogP contribution in [0.2, 0.25) is 0 Å². The third kappa shape index (κ3) is 4.21. The minimum Gasteiger partial charge on any atom is -0.379 e. The Morgan fingerprint density at radius 2 is 2.29 bits per heavy atom. The standard InChI is InChI=1S/C13H26N2O2/c1-10(7-13-9-16-6-4-14-13)15-8-12-3-5-17-11(12)2/h10-15H,3-9H2,1-2H3. The first-order valence-electron chi connectivity index (χ1n) is 6.92. The normalized spacial score (nSPS) is 36.0. The fourth-order valence-electron chi connectivity index (χ4n) is 2.68. The summed E-state index contributed by atoms with van der Waals surface area (Å²) in [5.41, 5.74) is 0. The van der Waals surface area contributed by atoms with Gasteiger partial charge in [0.1, 0.15) is 0 Å². The van der Waals surface area contributed by atoms with Crippen molar-refractivity contribution < 1.29 is 9.47 Å². The molecule has 0 amide bonds. The molecule has 0 spiro atoms. The van der Waals surface area contributed by atoms with Crippen LogP contribution >= 0.6 is 0 Å². The summed E-state index contributed by atoms with van der Waals surface area (Å²) in [4.78, 5) is 0. The van der Waals surface area contributed by atoms with Crippen molar-refractivity contribution in [3.05, 3.63) is 0 Å². The maximum Gasteiger partial charge on any atom is 0.0620 e. The van der Waals surface area contributed by atoms with Gasteiger partial charge in [0.15, 0.2) is 0 Å². The summed E-state index contributed by atoms with van der Waals surface area (Å²) in [7, 11) is 0. The number of rotatable bonds is 5. The van der Waals surface area contributed by atoms with Gasteiger partial charge in [0.05, 0.1) is 19.3 Å². The first-order chi connectivity index (χ1) is 8.25. The lowest BCUT2D eigenvalue weighted by atomic mass is 10.0. The predicted molar refractivity (Wildman–Crippen MR) is 68.2 cm³/mol. The lowest BCUT2D eigenvalue weighted by molar-refractivity contribution is 0.0705. The quantitative estimate of drug-likeness (QED) is 0.747. The number of morpholine rings is 1. The zero-order chi connectivity index (χ0) is 12.1. The van der Waals surface area contributed by atoms with Gasteiger partial charge in [-0.05, 0) is 32.6 Å². The Labute approximate surface area is 104 Å². The SMILES string of the molecule is CC(CC1COCCN1)NCC1CCOC1C. The average molecular weight is 242 g/mol. The molecule has 0 aliphatic carbocycles. The summed E-state index contributed by atoms with van der Waals surface area (Å²) in [5.74, 6) is 0.688. The topological polar surface area (TPSA) is 42.5 Å². The highest BCUT2D eigenvalue weighted by Crippen LogP contribution is 2.19. The summed E-state index contributed by atoms with van der Waals surface area (Å²) >= 11 is 0. The van der Waals surface area contributed by atoms with Crippen LogP contribution in [-0.2, 0) is 9.47 Å². The zero-order valence-corrected chi connectivity index (χ0v) is 11.1. The highest BCUT2D eigenvalue weighted by atomic mass is 16.5. The summed E-state index contributed by atoms with van der Waals surface area (Å²) in [6, 6.07) is 1.06. The van der Waals surface area contributed by atoms with E-state index in [-0.39, 0.29) is 0 Å². The summed E-state index contributed by atoms with van der Waals surface area (Å²) in [6.45, 7) is 9.15. The average Bonchev–Trinajstić information content (AvgIpc) is 2.74. The molecule has 2 aliphatic heterocycles. The maximum absolute atomic E-state index is 5.58. The van der Waals surface area contributed by atoms with Crippen molar-refractivity contribution in [1.29, 1.82) is 0 Å². The molecule has 4 heteroatoms. The van der Waals surface area contributed by atoms with Crippen LogP contribution in [0, 0.1) is 5.92 Å². The van der Waals surface area contributed by atoms with E-state index < -0.39 is 0 Å². The second-order valence-corrected chi connectivity index (χ2v) is 5.40. The van der Waals surface area contributed by atoms with Crippen LogP contribution < -0.4 is 10.6 Å². The summed E-state index contributed by atoms with van der Waals surface area (Å²) in [6.07, 6.45) is 2.76. The Balaban J connectivity index is 1.61. The minimum atomic E-state index is 0.422. The van der Waals surface area contributed by atoms with Crippen LogP contribution in [0.4, 0.5) is 0 Å². The third-order valence-electron chi connectivity index (χ3n) is 3.90. The Bertz CT molecular complexity index is 219. The number of hydrogen-bond acceptors (Lipinski definition) is 4. The van der Waals surface area contributed by atoms with Crippen molar-refractivity contribution in [1.82, 2.24) is 10.6 Å². The second kappa shape index (κ2) is 6.69. The molecule has 0 radical (unpaired) electrons. The van der Waals surface area contributed by atoms with E-state index in [4.69, 9.17) is 9.47 Å². The molecule has 2 aliphatic rings. The van der Waals surface area contributed by atoms with E-state index in [0.717, 1.165) is 39.3 Å². The lowest BCUT2D eigenvalue weighted by Gasteiger charge is -2.27. The largest absolute Gasteiger partial charge is 0.379 e. The van der Waals surface area contributed by atoms with E-state index in [0.29, 0.717) is 24.1 Å². The Kier molecular flexibility index (Phi) is 5.22. The molecule has 4 nitrogen and oxygen atoms in total. The van der Waals surface area contributed by atoms with E-state index in [1.54, 1.807) is 0 Å². The van der Waals surface area contributed by atoms with Crippen LogP contribution in [0.3, 0.4) is 0 Å². The first kappa shape index (κ1) is 13.3. The van der Waals surface area contributed by atoms with Crippen LogP contribution in [0.1, 0.15) is 26.7 Å². The van der Waals surface area contributed by atoms with Crippen molar-refractivity contribution in [3.8, 4) is 0 Å². The Morgan fingerprint density at radius 3 is 2.94 bits per heavy atom. The molecule has 0 aromatic carbocycles. The molecule has 0 aromatic heterocycles. The molecule has 17 heavy (non-hydrogen) atoms. The van der Waals surface area contributed by atoms with Gasteiger partial charge in [0.25, 0.3) is 0 Å². The van der Waals surface area contributed by atoms with Gasteiger partial charge >= 0.3 is 0 Å². The Morgan fingerprint density at radius 1 is 1.41 bits per heavy atom.